The van der Waals surface area contributed by atoms with Crippen molar-refractivity contribution in [1.82, 2.24) is 10.9 Å². The molecule has 7 heteroatoms. The Balaban J connectivity index is 1.90. The normalized spacial score (nSPS) is 10.0. The zero-order chi connectivity index (χ0) is 15.4. The van der Waals surface area contributed by atoms with Crippen LogP contribution in [0.1, 0.15) is 20.8 Å². The highest BCUT2D eigenvalue weighted by atomic mass is 79.9. The fourth-order valence-corrected chi connectivity index (χ4v) is 3.11. The summed E-state index contributed by atoms with van der Waals surface area (Å²) in [5.74, 6) is -0.226. The lowest BCUT2D eigenvalue weighted by Crippen LogP contribution is -2.43. The number of thiocarbonyl (C=S) groups is 1. The van der Waals surface area contributed by atoms with E-state index in [1.807, 2.05) is 37.4 Å². The van der Waals surface area contributed by atoms with E-state index in [0.717, 1.165) is 21.3 Å². The molecule has 0 saturated carbocycles. The minimum Gasteiger partial charge on any atom is -0.331 e. The number of hydrogen-bond acceptors (Lipinski definition) is 3. The molecule has 0 aliphatic heterocycles. The first kappa shape index (κ1) is 15.9. The first-order valence-electron chi connectivity index (χ1n) is 6.14. The molecule has 1 aromatic carbocycles. The van der Waals surface area contributed by atoms with Crippen molar-refractivity contribution in [2.45, 2.75) is 13.8 Å². The van der Waals surface area contributed by atoms with Gasteiger partial charge in [0.05, 0.1) is 4.88 Å². The summed E-state index contributed by atoms with van der Waals surface area (Å²) in [4.78, 5) is 12.5. The number of aryl methyl sites for hydroxylation is 2. The number of hydrogen-bond donors (Lipinski definition) is 3. The zero-order valence-corrected chi connectivity index (χ0v) is 14.7. The minimum atomic E-state index is -0.226. The van der Waals surface area contributed by atoms with Crippen LogP contribution < -0.4 is 16.2 Å². The van der Waals surface area contributed by atoms with Crippen LogP contribution in [-0.4, -0.2) is 11.0 Å². The first-order valence-corrected chi connectivity index (χ1v) is 8.22. The third-order valence-corrected chi connectivity index (χ3v) is 4.62. The van der Waals surface area contributed by atoms with E-state index in [1.54, 1.807) is 6.07 Å². The molecule has 3 N–H and O–H groups in total. The summed E-state index contributed by atoms with van der Waals surface area (Å²) >= 11 is 9.84. The molecule has 0 aliphatic rings. The van der Waals surface area contributed by atoms with E-state index in [9.17, 15) is 4.79 Å². The lowest BCUT2D eigenvalue weighted by atomic mass is 10.1. The largest absolute Gasteiger partial charge is 0.331 e. The van der Waals surface area contributed by atoms with E-state index in [0.29, 0.717) is 9.99 Å². The van der Waals surface area contributed by atoms with E-state index in [2.05, 4.69) is 32.1 Å². The molecule has 110 valence electrons. The van der Waals surface area contributed by atoms with Crippen LogP contribution in [0.15, 0.2) is 34.1 Å². The molecule has 2 aromatic rings. The summed E-state index contributed by atoms with van der Waals surface area (Å²) in [6.07, 6.45) is 0. The van der Waals surface area contributed by atoms with Crippen molar-refractivity contribution >= 4 is 56.2 Å². The predicted molar refractivity (Wildman–Crippen MR) is 94.8 cm³/mol. The van der Waals surface area contributed by atoms with E-state index in [1.165, 1.54) is 11.3 Å². The number of amides is 1. The maximum absolute atomic E-state index is 11.9. The number of carbonyl (C=O) groups excluding carboxylic acids is 1. The molecular formula is C14H14BrN3OS2. The van der Waals surface area contributed by atoms with Crippen molar-refractivity contribution in [1.29, 1.82) is 0 Å². The van der Waals surface area contributed by atoms with Gasteiger partial charge in [-0.2, -0.15) is 0 Å². The standard InChI is InChI=1S/C14H14BrN3OS2/c1-8-3-4-9(2)11(5-8)16-14(20)18-17-13(19)12-6-10(15)7-21-12/h3-7H,1-2H3,(H,17,19)(H2,16,18,20). The summed E-state index contributed by atoms with van der Waals surface area (Å²) in [5, 5.41) is 5.25. The van der Waals surface area contributed by atoms with Crippen molar-refractivity contribution in [3.8, 4) is 0 Å². The molecular weight excluding hydrogens is 370 g/mol. The van der Waals surface area contributed by atoms with Crippen LogP contribution in [-0.2, 0) is 0 Å². The second-order valence-corrected chi connectivity index (χ2v) is 6.72. The highest BCUT2D eigenvalue weighted by Gasteiger charge is 2.08. The van der Waals surface area contributed by atoms with E-state index < -0.39 is 0 Å². The van der Waals surface area contributed by atoms with Crippen LogP contribution in [0, 0.1) is 13.8 Å². The summed E-state index contributed by atoms with van der Waals surface area (Å²) < 4.78 is 0.883. The topological polar surface area (TPSA) is 53.2 Å². The van der Waals surface area contributed by atoms with Crippen molar-refractivity contribution in [3.05, 3.63) is 50.1 Å². The van der Waals surface area contributed by atoms with Gasteiger partial charge >= 0.3 is 0 Å². The number of thiophene rings is 1. The van der Waals surface area contributed by atoms with Crippen molar-refractivity contribution in [2.24, 2.45) is 0 Å². The number of hydrazine groups is 1. The number of benzene rings is 1. The molecule has 0 fully saturated rings. The molecule has 0 bridgehead atoms. The van der Waals surface area contributed by atoms with Crippen LogP contribution in [0.4, 0.5) is 5.69 Å². The van der Waals surface area contributed by atoms with Crippen LogP contribution in [0.25, 0.3) is 0 Å². The molecule has 0 saturated heterocycles. The first-order chi connectivity index (χ1) is 9.95. The molecule has 0 unspecified atom stereocenters. The van der Waals surface area contributed by atoms with E-state index >= 15 is 0 Å². The fourth-order valence-electron chi connectivity index (χ4n) is 1.63. The molecule has 0 aliphatic carbocycles. The molecule has 0 atom stereocenters. The van der Waals surface area contributed by atoms with Crippen LogP contribution in [0.3, 0.4) is 0 Å². The van der Waals surface area contributed by atoms with Gasteiger partial charge in [0, 0.05) is 15.5 Å². The summed E-state index contributed by atoms with van der Waals surface area (Å²) in [6, 6.07) is 7.81. The van der Waals surface area contributed by atoms with Gasteiger partial charge < -0.3 is 5.32 Å². The SMILES string of the molecule is Cc1ccc(C)c(NC(=S)NNC(=O)c2cc(Br)cs2)c1. The average Bonchev–Trinajstić information content (AvgIpc) is 2.87. The number of rotatable bonds is 2. The quantitative estimate of drug-likeness (QED) is 0.545. The Labute approximate surface area is 141 Å². The van der Waals surface area contributed by atoms with Gasteiger partial charge in [-0.3, -0.25) is 15.6 Å². The maximum Gasteiger partial charge on any atom is 0.279 e. The average molecular weight is 384 g/mol. The molecule has 1 heterocycles. The lowest BCUT2D eigenvalue weighted by Gasteiger charge is -2.13. The van der Waals surface area contributed by atoms with Gasteiger partial charge in [-0.25, -0.2) is 0 Å². The smallest absolute Gasteiger partial charge is 0.279 e. The van der Waals surface area contributed by atoms with Crippen molar-refractivity contribution in [3.63, 3.8) is 0 Å². The van der Waals surface area contributed by atoms with Gasteiger partial charge in [0.25, 0.3) is 5.91 Å². The highest BCUT2D eigenvalue weighted by molar-refractivity contribution is 9.10. The van der Waals surface area contributed by atoms with Gasteiger partial charge in [0.1, 0.15) is 0 Å². The van der Waals surface area contributed by atoms with Gasteiger partial charge in [0.15, 0.2) is 5.11 Å². The Morgan fingerprint density at radius 2 is 2.00 bits per heavy atom. The van der Waals surface area contributed by atoms with Gasteiger partial charge in [-0.1, -0.05) is 12.1 Å². The van der Waals surface area contributed by atoms with Gasteiger partial charge in [-0.15, -0.1) is 11.3 Å². The molecule has 2 rings (SSSR count). The predicted octanol–water partition coefficient (Wildman–Crippen LogP) is 3.76. The Hall–Kier alpha value is -1.44. The maximum atomic E-state index is 11.9. The Bertz CT molecular complexity index is 685. The van der Waals surface area contributed by atoms with Gasteiger partial charge in [-0.05, 0) is 65.3 Å². The van der Waals surface area contributed by atoms with Crippen LogP contribution in [0.5, 0.6) is 0 Å². The Morgan fingerprint density at radius 3 is 2.67 bits per heavy atom. The van der Waals surface area contributed by atoms with E-state index in [4.69, 9.17) is 12.2 Å². The summed E-state index contributed by atoms with van der Waals surface area (Å²) in [7, 11) is 0. The molecule has 21 heavy (non-hydrogen) atoms. The summed E-state index contributed by atoms with van der Waals surface area (Å²) in [5.41, 5.74) is 8.40. The van der Waals surface area contributed by atoms with Crippen LogP contribution in [0.2, 0.25) is 0 Å². The number of carbonyl (C=O) groups is 1. The van der Waals surface area contributed by atoms with Crippen molar-refractivity contribution < 1.29 is 4.79 Å². The monoisotopic (exact) mass is 383 g/mol. The Kier molecular flexibility index (Phi) is 5.33. The van der Waals surface area contributed by atoms with Crippen LogP contribution >= 0.6 is 39.5 Å². The highest BCUT2D eigenvalue weighted by Crippen LogP contribution is 2.19. The molecule has 1 aromatic heterocycles. The number of anilines is 1. The molecule has 0 radical (unpaired) electrons. The Morgan fingerprint density at radius 1 is 1.24 bits per heavy atom. The van der Waals surface area contributed by atoms with Gasteiger partial charge in [0.2, 0.25) is 0 Å². The summed E-state index contributed by atoms with van der Waals surface area (Å²) in [6.45, 7) is 4.00. The third-order valence-electron chi connectivity index (χ3n) is 2.72. The number of halogens is 1. The third kappa shape index (κ3) is 4.52. The lowest BCUT2D eigenvalue weighted by molar-refractivity contribution is 0.0948. The molecule has 1 amide bonds. The second kappa shape index (κ2) is 7.02. The van der Waals surface area contributed by atoms with Crippen molar-refractivity contribution in [2.75, 3.05) is 5.32 Å². The second-order valence-electron chi connectivity index (χ2n) is 4.48. The number of nitrogens with one attached hydrogen (secondary N) is 3. The fraction of sp³-hybridized carbons (Fsp3) is 0.143. The molecule has 0 spiro atoms. The molecule has 4 nitrogen and oxygen atoms in total. The minimum absolute atomic E-state index is 0.226. The zero-order valence-electron chi connectivity index (χ0n) is 11.5. The van der Waals surface area contributed by atoms with E-state index in [-0.39, 0.29) is 5.91 Å².